The van der Waals surface area contributed by atoms with Crippen LogP contribution >= 0.6 is 15.9 Å². The SMILES string of the molecule is CCOC(=O)c1c(Br)c2ccccc2n1CC(C)C. The molecule has 0 saturated heterocycles. The van der Waals surface area contributed by atoms with Crippen molar-refractivity contribution in [3.05, 3.63) is 34.4 Å². The molecule has 4 heteroatoms. The molecule has 1 heterocycles. The maximum absolute atomic E-state index is 12.2. The van der Waals surface area contributed by atoms with Gasteiger partial charge in [-0.25, -0.2) is 4.79 Å². The number of rotatable bonds is 4. The number of hydrogen-bond acceptors (Lipinski definition) is 2. The van der Waals surface area contributed by atoms with Gasteiger partial charge in [0.25, 0.3) is 0 Å². The lowest BCUT2D eigenvalue weighted by atomic mass is 10.2. The largest absolute Gasteiger partial charge is 0.461 e. The van der Waals surface area contributed by atoms with Crippen LogP contribution in [-0.4, -0.2) is 17.1 Å². The zero-order valence-corrected chi connectivity index (χ0v) is 13.0. The predicted molar refractivity (Wildman–Crippen MR) is 80.4 cm³/mol. The highest BCUT2D eigenvalue weighted by Gasteiger charge is 2.22. The number of carbonyl (C=O) groups excluding carboxylic acids is 1. The summed E-state index contributed by atoms with van der Waals surface area (Å²) < 4.78 is 8.04. The van der Waals surface area contributed by atoms with Crippen molar-refractivity contribution in [2.75, 3.05) is 6.61 Å². The smallest absolute Gasteiger partial charge is 0.356 e. The van der Waals surface area contributed by atoms with E-state index in [0.29, 0.717) is 18.2 Å². The number of aromatic nitrogens is 1. The number of nitrogens with zero attached hydrogens (tertiary/aromatic N) is 1. The molecule has 0 atom stereocenters. The number of halogens is 1. The fourth-order valence-electron chi connectivity index (χ4n) is 2.22. The first-order chi connectivity index (χ1) is 9.06. The van der Waals surface area contributed by atoms with E-state index in [1.54, 1.807) is 0 Å². The predicted octanol–water partition coefficient (Wildman–Crippen LogP) is 4.24. The third-order valence-corrected chi connectivity index (χ3v) is 3.73. The second-order valence-electron chi connectivity index (χ2n) is 4.90. The topological polar surface area (TPSA) is 31.2 Å². The molecule has 0 aliphatic rings. The average molecular weight is 324 g/mol. The van der Waals surface area contributed by atoms with Crippen LogP contribution in [-0.2, 0) is 11.3 Å². The summed E-state index contributed by atoms with van der Waals surface area (Å²) in [7, 11) is 0. The van der Waals surface area contributed by atoms with Gasteiger partial charge in [-0.05, 0) is 34.8 Å². The minimum absolute atomic E-state index is 0.272. The van der Waals surface area contributed by atoms with Crippen molar-refractivity contribution >= 4 is 32.8 Å². The first kappa shape index (κ1) is 14.1. The summed E-state index contributed by atoms with van der Waals surface area (Å²) in [5.74, 6) is 0.183. The number of fused-ring (bicyclic) bond motifs is 1. The summed E-state index contributed by atoms with van der Waals surface area (Å²) in [5, 5.41) is 1.05. The summed E-state index contributed by atoms with van der Waals surface area (Å²) in [6, 6.07) is 8.01. The van der Waals surface area contributed by atoms with Gasteiger partial charge in [-0.15, -0.1) is 0 Å². The highest BCUT2D eigenvalue weighted by molar-refractivity contribution is 9.10. The van der Waals surface area contributed by atoms with Gasteiger partial charge in [0.1, 0.15) is 5.69 Å². The van der Waals surface area contributed by atoms with E-state index in [2.05, 4.69) is 29.8 Å². The molecule has 1 aromatic heterocycles. The molecule has 0 aliphatic carbocycles. The van der Waals surface area contributed by atoms with Gasteiger partial charge in [-0.3, -0.25) is 0 Å². The van der Waals surface area contributed by atoms with E-state index in [1.165, 1.54) is 0 Å². The number of ether oxygens (including phenoxy) is 1. The van der Waals surface area contributed by atoms with E-state index in [9.17, 15) is 4.79 Å². The van der Waals surface area contributed by atoms with Gasteiger partial charge in [0.15, 0.2) is 0 Å². The highest BCUT2D eigenvalue weighted by Crippen LogP contribution is 2.32. The van der Waals surface area contributed by atoms with Crippen molar-refractivity contribution < 1.29 is 9.53 Å². The Balaban J connectivity index is 2.65. The normalized spacial score (nSPS) is 11.2. The van der Waals surface area contributed by atoms with E-state index >= 15 is 0 Å². The van der Waals surface area contributed by atoms with Crippen molar-refractivity contribution in [1.82, 2.24) is 4.57 Å². The van der Waals surface area contributed by atoms with Gasteiger partial charge in [0.05, 0.1) is 11.1 Å². The first-order valence-electron chi connectivity index (χ1n) is 6.50. The number of esters is 1. The van der Waals surface area contributed by atoms with E-state index < -0.39 is 0 Å². The minimum atomic E-state index is -0.272. The minimum Gasteiger partial charge on any atom is -0.461 e. The average Bonchev–Trinajstić information content (AvgIpc) is 2.63. The molecule has 0 radical (unpaired) electrons. The Morgan fingerprint density at radius 1 is 1.37 bits per heavy atom. The lowest BCUT2D eigenvalue weighted by Gasteiger charge is -2.12. The Morgan fingerprint density at radius 3 is 2.68 bits per heavy atom. The van der Waals surface area contributed by atoms with E-state index in [-0.39, 0.29) is 5.97 Å². The molecule has 1 aromatic carbocycles. The molecule has 19 heavy (non-hydrogen) atoms. The van der Waals surface area contributed by atoms with Gasteiger partial charge in [0, 0.05) is 17.4 Å². The fourth-order valence-corrected chi connectivity index (χ4v) is 2.93. The summed E-state index contributed by atoms with van der Waals surface area (Å²) in [5.41, 5.74) is 1.67. The quantitative estimate of drug-likeness (QED) is 0.788. The molecular weight excluding hydrogens is 306 g/mol. The Hall–Kier alpha value is -1.29. The lowest BCUT2D eigenvalue weighted by molar-refractivity contribution is 0.0512. The molecule has 0 fully saturated rings. The number of para-hydroxylation sites is 1. The van der Waals surface area contributed by atoms with Crippen LogP contribution in [0, 0.1) is 5.92 Å². The monoisotopic (exact) mass is 323 g/mol. The Kier molecular flexibility index (Phi) is 4.30. The molecular formula is C15H18BrNO2. The van der Waals surface area contributed by atoms with Crippen LogP contribution < -0.4 is 0 Å². The molecule has 0 spiro atoms. The molecule has 0 saturated carbocycles. The molecule has 0 aliphatic heterocycles. The van der Waals surface area contributed by atoms with Crippen molar-refractivity contribution in [2.24, 2.45) is 5.92 Å². The summed E-state index contributed by atoms with van der Waals surface area (Å²) in [4.78, 5) is 12.2. The fraction of sp³-hybridized carbons (Fsp3) is 0.400. The van der Waals surface area contributed by atoms with Crippen molar-refractivity contribution in [3.63, 3.8) is 0 Å². The van der Waals surface area contributed by atoms with Crippen molar-refractivity contribution in [3.8, 4) is 0 Å². The number of carbonyl (C=O) groups is 1. The van der Waals surface area contributed by atoms with Crippen molar-refractivity contribution in [1.29, 1.82) is 0 Å². The molecule has 2 aromatic rings. The number of hydrogen-bond donors (Lipinski definition) is 0. The Bertz CT molecular complexity index is 601. The molecule has 0 N–H and O–H groups in total. The third-order valence-electron chi connectivity index (χ3n) is 2.93. The van der Waals surface area contributed by atoms with Crippen LogP contribution in [0.3, 0.4) is 0 Å². The lowest BCUT2D eigenvalue weighted by Crippen LogP contribution is -2.15. The van der Waals surface area contributed by atoms with E-state index in [0.717, 1.165) is 21.9 Å². The summed E-state index contributed by atoms with van der Waals surface area (Å²) >= 11 is 3.54. The van der Waals surface area contributed by atoms with Gasteiger partial charge in [-0.2, -0.15) is 0 Å². The molecule has 3 nitrogen and oxygen atoms in total. The van der Waals surface area contributed by atoms with Crippen LogP contribution in [0.1, 0.15) is 31.3 Å². The van der Waals surface area contributed by atoms with Gasteiger partial charge in [0.2, 0.25) is 0 Å². The van der Waals surface area contributed by atoms with Crippen LogP contribution in [0.25, 0.3) is 10.9 Å². The van der Waals surface area contributed by atoms with Crippen molar-refractivity contribution in [2.45, 2.75) is 27.3 Å². The van der Waals surface area contributed by atoms with Gasteiger partial charge in [-0.1, -0.05) is 32.0 Å². The Labute approximate surface area is 121 Å². The summed E-state index contributed by atoms with van der Waals surface area (Å²) in [6.07, 6.45) is 0. The van der Waals surface area contributed by atoms with E-state index in [4.69, 9.17) is 4.74 Å². The Morgan fingerprint density at radius 2 is 2.05 bits per heavy atom. The van der Waals surface area contributed by atoms with Gasteiger partial charge >= 0.3 is 5.97 Å². The van der Waals surface area contributed by atoms with Crippen LogP contribution in [0.5, 0.6) is 0 Å². The standard InChI is InChI=1S/C15H18BrNO2/c1-4-19-15(18)14-13(16)11-7-5-6-8-12(11)17(14)9-10(2)3/h5-8,10H,4,9H2,1-3H3. The number of benzene rings is 1. The second kappa shape index (κ2) is 5.78. The molecule has 102 valence electrons. The zero-order chi connectivity index (χ0) is 14.0. The molecule has 2 rings (SSSR count). The highest BCUT2D eigenvalue weighted by atomic mass is 79.9. The second-order valence-corrected chi connectivity index (χ2v) is 5.70. The van der Waals surface area contributed by atoms with Crippen LogP contribution in [0.4, 0.5) is 0 Å². The summed E-state index contributed by atoms with van der Waals surface area (Å²) in [6.45, 7) is 7.27. The first-order valence-corrected chi connectivity index (χ1v) is 7.29. The third kappa shape index (κ3) is 2.68. The maximum Gasteiger partial charge on any atom is 0.356 e. The molecule has 0 bridgehead atoms. The van der Waals surface area contributed by atoms with Gasteiger partial charge < -0.3 is 9.30 Å². The molecule has 0 unspecified atom stereocenters. The van der Waals surface area contributed by atoms with Crippen LogP contribution in [0.2, 0.25) is 0 Å². The van der Waals surface area contributed by atoms with E-state index in [1.807, 2.05) is 35.8 Å². The maximum atomic E-state index is 12.2. The molecule has 0 amide bonds. The van der Waals surface area contributed by atoms with Crippen LogP contribution in [0.15, 0.2) is 28.7 Å². The zero-order valence-electron chi connectivity index (χ0n) is 11.4.